The Labute approximate surface area is 104 Å². The van der Waals surface area contributed by atoms with Gasteiger partial charge in [0.15, 0.2) is 0 Å². The minimum absolute atomic E-state index is 0.399. The highest BCUT2D eigenvalue weighted by Gasteiger charge is 2.68. The molecule has 4 heteroatoms. The maximum Gasteiger partial charge on any atom is 0.373 e. The molecule has 0 bridgehead atoms. The molecule has 0 atom stereocenters. The van der Waals surface area contributed by atoms with Crippen molar-refractivity contribution >= 4 is 5.97 Å². The van der Waals surface area contributed by atoms with Crippen molar-refractivity contribution in [2.45, 2.75) is 66.3 Å². The predicted molar refractivity (Wildman–Crippen MR) is 64.0 cm³/mol. The van der Waals surface area contributed by atoms with Gasteiger partial charge in [-0.05, 0) is 33.1 Å². The van der Waals surface area contributed by atoms with Crippen LogP contribution in [-0.4, -0.2) is 17.4 Å². The molecule has 0 radical (unpaired) electrons. The summed E-state index contributed by atoms with van der Waals surface area (Å²) >= 11 is 0. The van der Waals surface area contributed by atoms with Crippen molar-refractivity contribution in [1.29, 1.82) is 0 Å². The Balaban J connectivity index is 2.78. The lowest BCUT2D eigenvalue weighted by molar-refractivity contribution is -0.168. The molecule has 1 fully saturated rings. The van der Waals surface area contributed by atoms with E-state index in [1.165, 1.54) is 0 Å². The third kappa shape index (κ3) is 3.19. The van der Waals surface area contributed by atoms with Crippen molar-refractivity contribution in [2.24, 2.45) is 11.3 Å². The minimum Gasteiger partial charge on any atom is -0.456 e. The molecule has 0 amide bonds. The van der Waals surface area contributed by atoms with Crippen LogP contribution in [0.25, 0.3) is 0 Å². The zero-order valence-electron chi connectivity index (χ0n) is 11.9. The maximum atomic E-state index is 12.1. The molecule has 1 aliphatic rings. The van der Waals surface area contributed by atoms with E-state index in [-0.39, 0.29) is 0 Å². The first kappa shape index (κ1) is 14.5. The summed E-state index contributed by atoms with van der Waals surface area (Å²) in [4.78, 5) is 22.1. The second kappa shape index (κ2) is 4.25. The molecular formula is C13H24O4. The largest absolute Gasteiger partial charge is 0.456 e. The SMILES string of the molecule is CC(C)CC(C)(C)C1(C(=O)OC(C)(C)C)OO1. The van der Waals surface area contributed by atoms with E-state index in [4.69, 9.17) is 14.5 Å². The van der Waals surface area contributed by atoms with Crippen molar-refractivity contribution in [1.82, 2.24) is 0 Å². The fourth-order valence-corrected chi connectivity index (χ4v) is 2.11. The molecule has 0 N–H and O–H groups in total. The molecule has 0 saturated carbocycles. The average molecular weight is 244 g/mol. The average Bonchev–Trinajstić information content (AvgIpc) is 2.75. The highest BCUT2D eigenvalue weighted by molar-refractivity contribution is 5.80. The molecule has 100 valence electrons. The first-order valence-electron chi connectivity index (χ1n) is 6.10. The van der Waals surface area contributed by atoms with Gasteiger partial charge in [-0.1, -0.05) is 27.7 Å². The van der Waals surface area contributed by atoms with Gasteiger partial charge in [0.2, 0.25) is 0 Å². The smallest absolute Gasteiger partial charge is 0.373 e. The third-order valence-electron chi connectivity index (χ3n) is 2.73. The van der Waals surface area contributed by atoms with Gasteiger partial charge in [-0.2, -0.15) is 9.78 Å². The molecule has 1 heterocycles. The van der Waals surface area contributed by atoms with Gasteiger partial charge in [-0.25, -0.2) is 4.79 Å². The normalized spacial score (nSPS) is 19.3. The number of esters is 1. The topological polar surface area (TPSA) is 51.4 Å². The Kier molecular flexibility index (Phi) is 3.61. The lowest BCUT2D eigenvalue weighted by Crippen LogP contribution is -2.44. The Morgan fingerprint density at radius 1 is 1.18 bits per heavy atom. The molecule has 0 unspecified atom stereocenters. The highest BCUT2D eigenvalue weighted by atomic mass is 17.4. The number of hydrogen-bond donors (Lipinski definition) is 0. The molecule has 1 saturated heterocycles. The summed E-state index contributed by atoms with van der Waals surface area (Å²) in [6.07, 6.45) is 0.826. The monoisotopic (exact) mass is 244 g/mol. The number of carbonyl (C=O) groups excluding carboxylic acids is 1. The van der Waals surface area contributed by atoms with Gasteiger partial charge in [-0.3, -0.25) is 0 Å². The number of ether oxygens (including phenoxy) is 1. The first-order chi connectivity index (χ1) is 7.50. The van der Waals surface area contributed by atoms with Crippen LogP contribution >= 0.6 is 0 Å². The second-order valence-electron chi connectivity index (χ2n) is 6.77. The molecule has 0 aromatic rings. The van der Waals surface area contributed by atoms with Gasteiger partial charge in [0.05, 0.1) is 0 Å². The van der Waals surface area contributed by atoms with Crippen molar-refractivity contribution in [3.8, 4) is 0 Å². The minimum atomic E-state index is -1.22. The van der Waals surface area contributed by atoms with E-state index in [1.807, 2.05) is 34.6 Å². The van der Waals surface area contributed by atoms with Crippen LogP contribution in [0.3, 0.4) is 0 Å². The Morgan fingerprint density at radius 3 is 1.94 bits per heavy atom. The zero-order valence-corrected chi connectivity index (χ0v) is 11.9. The maximum absolute atomic E-state index is 12.1. The Hall–Kier alpha value is -0.610. The Morgan fingerprint density at radius 2 is 1.65 bits per heavy atom. The van der Waals surface area contributed by atoms with Crippen LogP contribution in [0.5, 0.6) is 0 Å². The summed E-state index contributed by atoms with van der Waals surface area (Å²) < 4.78 is 5.34. The van der Waals surface area contributed by atoms with Crippen LogP contribution < -0.4 is 0 Å². The van der Waals surface area contributed by atoms with E-state index in [0.29, 0.717) is 5.92 Å². The summed E-state index contributed by atoms with van der Waals surface area (Å²) in [7, 11) is 0. The van der Waals surface area contributed by atoms with Gasteiger partial charge in [-0.15, -0.1) is 0 Å². The van der Waals surface area contributed by atoms with Crippen molar-refractivity contribution < 1.29 is 19.3 Å². The number of hydrogen-bond acceptors (Lipinski definition) is 4. The molecule has 0 aromatic carbocycles. The molecule has 0 aromatic heterocycles. The van der Waals surface area contributed by atoms with Gasteiger partial charge >= 0.3 is 11.8 Å². The van der Waals surface area contributed by atoms with Crippen LogP contribution in [0, 0.1) is 11.3 Å². The van der Waals surface area contributed by atoms with Crippen LogP contribution in [0.1, 0.15) is 54.9 Å². The number of carbonyl (C=O) groups is 1. The van der Waals surface area contributed by atoms with E-state index in [1.54, 1.807) is 0 Å². The Bertz CT molecular complexity index is 295. The standard InChI is InChI=1S/C13H24O4/c1-9(2)8-12(6,7)13(16-17-13)10(14)15-11(3,4)5/h9H,8H2,1-7H3. The molecule has 1 aliphatic heterocycles. The van der Waals surface area contributed by atoms with Crippen molar-refractivity contribution in [3.05, 3.63) is 0 Å². The third-order valence-corrected chi connectivity index (χ3v) is 2.73. The van der Waals surface area contributed by atoms with Crippen molar-refractivity contribution in [2.75, 3.05) is 0 Å². The summed E-state index contributed by atoms with van der Waals surface area (Å²) in [5.41, 5.74) is -0.934. The first-order valence-corrected chi connectivity index (χ1v) is 6.10. The van der Waals surface area contributed by atoms with Crippen LogP contribution in [0.15, 0.2) is 0 Å². The van der Waals surface area contributed by atoms with Gasteiger partial charge in [0.1, 0.15) is 5.60 Å². The van der Waals surface area contributed by atoms with E-state index in [9.17, 15) is 4.79 Å². The van der Waals surface area contributed by atoms with E-state index >= 15 is 0 Å². The molecular weight excluding hydrogens is 220 g/mol. The number of rotatable bonds is 4. The van der Waals surface area contributed by atoms with E-state index < -0.39 is 22.8 Å². The van der Waals surface area contributed by atoms with Gasteiger partial charge in [0, 0.05) is 5.41 Å². The van der Waals surface area contributed by atoms with Crippen LogP contribution in [0.4, 0.5) is 0 Å². The molecule has 0 aliphatic carbocycles. The van der Waals surface area contributed by atoms with Crippen LogP contribution in [-0.2, 0) is 19.3 Å². The molecule has 17 heavy (non-hydrogen) atoms. The molecule has 4 nitrogen and oxygen atoms in total. The van der Waals surface area contributed by atoms with E-state index in [0.717, 1.165) is 6.42 Å². The summed E-state index contributed by atoms with van der Waals surface area (Å²) in [6, 6.07) is 0. The predicted octanol–water partition coefficient (Wildman–Crippen LogP) is 3.06. The van der Waals surface area contributed by atoms with E-state index in [2.05, 4.69) is 13.8 Å². The summed E-state index contributed by atoms with van der Waals surface area (Å²) in [5, 5.41) is 0. The summed E-state index contributed by atoms with van der Waals surface area (Å²) in [6.45, 7) is 13.6. The molecule has 0 spiro atoms. The quantitative estimate of drug-likeness (QED) is 0.433. The fourth-order valence-electron chi connectivity index (χ4n) is 2.11. The van der Waals surface area contributed by atoms with Crippen molar-refractivity contribution in [3.63, 3.8) is 0 Å². The molecule has 1 rings (SSSR count). The lowest BCUT2D eigenvalue weighted by Gasteiger charge is -2.30. The van der Waals surface area contributed by atoms with Gasteiger partial charge < -0.3 is 4.74 Å². The second-order valence-corrected chi connectivity index (χ2v) is 6.77. The lowest BCUT2D eigenvalue weighted by atomic mass is 9.77. The zero-order chi connectivity index (χ0) is 13.5. The van der Waals surface area contributed by atoms with Gasteiger partial charge in [0.25, 0.3) is 0 Å². The highest BCUT2D eigenvalue weighted by Crippen LogP contribution is 2.50. The van der Waals surface area contributed by atoms with Crippen LogP contribution in [0.2, 0.25) is 0 Å². The fraction of sp³-hybridized carbons (Fsp3) is 0.923. The summed E-state index contributed by atoms with van der Waals surface area (Å²) in [5.74, 6) is -1.20.